The average Bonchev–Trinajstić information content (AvgIpc) is 2.94. The van der Waals surface area contributed by atoms with E-state index < -0.39 is 5.97 Å². The molecule has 5 heteroatoms. The second-order valence-corrected chi connectivity index (χ2v) is 5.14. The molecule has 0 aliphatic heterocycles. The van der Waals surface area contributed by atoms with E-state index in [1.807, 2.05) is 11.4 Å². The number of nitrogens with one attached hydrogen (secondary N) is 1. The van der Waals surface area contributed by atoms with E-state index in [0.717, 1.165) is 17.0 Å². The number of hydrogen-bond donors (Lipinski definition) is 2. The predicted octanol–water partition coefficient (Wildman–Crippen LogP) is 3.08. The van der Waals surface area contributed by atoms with Gasteiger partial charge in [-0.15, -0.1) is 11.3 Å². The Morgan fingerprint density at radius 2 is 2.37 bits per heavy atom. The second-order valence-electron chi connectivity index (χ2n) is 4.22. The van der Waals surface area contributed by atoms with E-state index in [9.17, 15) is 4.79 Å². The zero-order valence-corrected chi connectivity index (χ0v) is 11.5. The molecule has 0 aliphatic carbocycles. The molecule has 2 rings (SSSR count). The molecule has 100 valence electrons. The van der Waals surface area contributed by atoms with Crippen molar-refractivity contribution in [2.24, 2.45) is 0 Å². The lowest BCUT2D eigenvalue weighted by Gasteiger charge is -2.14. The van der Waals surface area contributed by atoms with Crippen LogP contribution in [-0.4, -0.2) is 16.1 Å². The van der Waals surface area contributed by atoms with E-state index in [2.05, 4.69) is 17.2 Å². The highest BCUT2D eigenvalue weighted by Gasteiger charge is 2.11. The normalized spacial score (nSPS) is 12.3. The highest BCUT2D eigenvalue weighted by atomic mass is 32.1. The third kappa shape index (κ3) is 3.62. The van der Waals surface area contributed by atoms with Crippen molar-refractivity contribution in [2.75, 3.05) is 0 Å². The average molecular weight is 276 g/mol. The summed E-state index contributed by atoms with van der Waals surface area (Å²) >= 11 is 1.63. The van der Waals surface area contributed by atoms with Gasteiger partial charge >= 0.3 is 5.97 Å². The number of thiazole rings is 1. The maximum atomic E-state index is 10.9. The molecular formula is C14H16N2O2S. The summed E-state index contributed by atoms with van der Waals surface area (Å²) in [6.07, 6.45) is 2.75. The van der Waals surface area contributed by atoms with Gasteiger partial charge in [-0.25, -0.2) is 9.78 Å². The van der Waals surface area contributed by atoms with Crippen LogP contribution < -0.4 is 5.32 Å². The summed E-state index contributed by atoms with van der Waals surface area (Å²) in [7, 11) is 0. The zero-order chi connectivity index (χ0) is 13.7. The second kappa shape index (κ2) is 6.45. The van der Waals surface area contributed by atoms with Crippen LogP contribution in [-0.2, 0) is 6.54 Å². The summed E-state index contributed by atoms with van der Waals surface area (Å²) in [6, 6.07) is 7.21. The molecule has 1 atom stereocenters. The summed E-state index contributed by atoms with van der Waals surface area (Å²) < 4.78 is 0. The smallest absolute Gasteiger partial charge is 0.335 e. The van der Waals surface area contributed by atoms with Crippen molar-refractivity contribution >= 4 is 17.3 Å². The molecule has 4 nitrogen and oxygen atoms in total. The van der Waals surface area contributed by atoms with Crippen molar-refractivity contribution in [2.45, 2.75) is 25.9 Å². The molecule has 0 fully saturated rings. The highest BCUT2D eigenvalue weighted by molar-refractivity contribution is 7.09. The van der Waals surface area contributed by atoms with Crippen molar-refractivity contribution in [1.29, 1.82) is 0 Å². The Hall–Kier alpha value is -1.72. The molecule has 0 bridgehead atoms. The van der Waals surface area contributed by atoms with Gasteiger partial charge in [0.1, 0.15) is 5.01 Å². The van der Waals surface area contributed by atoms with Gasteiger partial charge < -0.3 is 10.4 Å². The molecule has 0 radical (unpaired) electrons. The van der Waals surface area contributed by atoms with E-state index in [4.69, 9.17) is 5.11 Å². The van der Waals surface area contributed by atoms with E-state index >= 15 is 0 Å². The molecule has 0 amide bonds. The summed E-state index contributed by atoms with van der Waals surface area (Å²) in [4.78, 5) is 15.2. The first kappa shape index (κ1) is 13.7. The Balaban J connectivity index is 2.01. The van der Waals surface area contributed by atoms with Gasteiger partial charge in [-0.3, -0.25) is 0 Å². The molecule has 1 unspecified atom stereocenters. The first-order valence-corrected chi connectivity index (χ1v) is 7.03. The molecule has 1 aromatic carbocycles. The lowest BCUT2D eigenvalue weighted by atomic mass is 10.1. The molecule has 2 aromatic rings. The van der Waals surface area contributed by atoms with Gasteiger partial charge in [0.15, 0.2) is 0 Å². The monoisotopic (exact) mass is 276 g/mol. The molecule has 19 heavy (non-hydrogen) atoms. The molecule has 0 aliphatic rings. The summed E-state index contributed by atoms with van der Waals surface area (Å²) in [5, 5.41) is 15.4. The number of aromatic nitrogens is 1. The molecule has 0 saturated carbocycles. The van der Waals surface area contributed by atoms with E-state index in [1.165, 1.54) is 0 Å². The van der Waals surface area contributed by atoms with Crippen LogP contribution in [0.4, 0.5) is 0 Å². The lowest BCUT2D eigenvalue weighted by Crippen LogP contribution is -2.20. The van der Waals surface area contributed by atoms with Crippen LogP contribution in [0.25, 0.3) is 0 Å². The number of hydrogen-bond acceptors (Lipinski definition) is 4. The van der Waals surface area contributed by atoms with Crippen LogP contribution in [0, 0.1) is 0 Å². The minimum absolute atomic E-state index is 0.216. The minimum Gasteiger partial charge on any atom is -0.478 e. The van der Waals surface area contributed by atoms with Crippen LogP contribution in [0.5, 0.6) is 0 Å². The summed E-state index contributed by atoms with van der Waals surface area (Å²) in [5.41, 5.74) is 1.29. The van der Waals surface area contributed by atoms with E-state index in [-0.39, 0.29) is 6.04 Å². The number of aromatic carboxylic acids is 1. The van der Waals surface area contributed by atoms with Crippen molar-refractivity contribution in [3.8, 4) is 0 Å². The van der Waals surface area contributed by atoms with Gasteiger partial charge in [0.25, 0.3) is 0 Å². The highest BCUT2D eigenvalue weighted by Crippen LogP contribution is 2.19. The molecule has 1 aromatic heterocycles. The number of rotatable bonds is 6. The van der Waals surface area contributed by atoms with Crippen molar-refractivity contribution < 1.29 is 9.90 Å². The van der Waals surface area contributed by atoms with Gasteiger partial charge in [-0.1, -0.05) is 19.1 Å². The minimum atomic E-state index is -0.895. The number of carboxylic acids is 1. The third-order valence-corrected chi connectivity index (χ3v) is 3.77. The van der Waals surface area contributed by atoms with Gasteiger partial charge in [-0.2, -0.15) is 0 Å². The molecule has 0 saturated heterocycles. The zero-order valence-electron chi connectivity index (χ0n) is 10.7. The molecular weight excluding hydrogens is 260 g/mol. The maximum absolute atomic E-state index is 10.9. The van der Waals surface area contributed by atoms with Gasteiger partial charge in [0.05, 0.1) is 11.6 Å². The van der Waals surface area contributed by atoms with Crippen molar-refractivity contribution in [3.63, 3.8) is 0 Å². The Labute approximate surface area is 116 Å². The maximum Gasteiger partial charge on any atom is 0.335 e. The summed E-state index contributed by atoms with van der Waals surface area (Å²) in [5.74, 6) is -0.895. The van der Waals surface area contributed by atoms with Crippen LogP contribution >= 0.6 is 11.3 Å². The van der Waals surface area contributed by atoms with Gasteiger partial charge in [0.2, 0.25) is 0 Å². The topological polar surface area (TPSA) is 62.2 Å². The predicted molar refractivity (Wildman–Crippen MR) is 75.4 cm³/mol. The van der Waals surface area contributed by atoms with E-state index in [1.54, 1.807) is 35.7 Å². The lowest BCUT2D eigenvalue weighted by molar-refractivity contribution is 0.0696. The van der Waals surface area contributed by atoms with Crippen molar-refractivity contribution in [1.82, 2.24) is 10.3 Å². The molecule has 1 heterocycles. The van der Waals surface area contributed by atoms with Gasteiger partial charge in [-0.05, 0) is 24.1 Å². The molecule has 2 N–H and O–H groups in total. The van der Waals surface area contributed by atoms with Gasteiger partial charge in [0, 0.05) is 18.1 Å². The Morgan fingerprint density at radius 3 is 3.00 bits per heavy atom. The van der Waals surface area contributed by atoms with E-state index in [0.29, 0.717) is 12.1 Å². The Kier molecular flexibility index (Phi) is 4.65. The van der Waals surface area contributed by atoms with Crippen LogP contribution in [0.1, 0.15) is 40.3 Å². The first-order valence-electron chi connectivity index (χ1n) is 6.15. The van der Waals surface area contributed by atoms with Crippen LogP contribution in [0.3, 0.4) is 0 Å². The number of nitrogens with zero attached hydrogens (tertiary/aromatic N) is 1. The third-order valence-electron chi connectivity index (χ3n) is 2.88. The largest absolute Gasteiger partial charge is 0.478 e. The fourth-order valence-electron chi connectivity index (χ4n) is 1.87. The fourth-order valence-corrected chi connectivity index (χ4v) is 2.67. The molecule has 0 spiro atoms. The quantitative estimate of drug-likeness (QED) is 0.851. The van der Waals surface area contributed by atoms with Crippen LogP contribution in [0.15, 0.2) is 35.8 Å². The fraction of sp³-hybridized carbons (Fsp3) is 0.286. The van der Waals surface area contributed by atoms with Crippen LogP contribution in [0.2, 0.25) is 0 Å². The number of benzene rings is 1. The number of carbonyl (C=O) groups is 1. The Morgan fingerprint density at radius 1 is 1.53 bits per heavy atom. The first-order chi connectivity index (χ1) is 9.20. The number of carboxylic acid groups (broad SMARTS) is 1. The summed E-state index contributed by atoms with van der Waals surface area (Å²) in [6.45, 7) is 2.74. The Bertz CT molecular complexity index is 540. The van der Waals surface area contributed by atoms with Crippen molar-refractivity contribution in [3.05, 3.63) is 52.0 Å². The SMILES string of the molecule is CCC(NCc1cccc(C(=O)O)c1)c1nccs1. The standard InChI is InChI=1S/C14H16N2O2S/c1-2-12(13-15-6-7-19-13)16-9-10-4-3-5-11(8-10)14(17)18/h3-8,12,16H,2,9H2,1H3,(H,17,18).